The van der Waals surface area contributed by atoms with E-state index in [1.165, 1.54) is 10.5 Å². The molecular formula is C16H21NO2. The summed E-state index contributed by atoms with van der Waals surface area (Å²) in [5.41, 5.74) is 1.93. The first-order valence-corrected chi connectivity index (χ1v) is 7.13. The fourth-order valence-corrected chi connectivity index (χ4v) is 2.52. The molecule has 2 rings (SSSR count). The van der Waals surface area contributed by atoms with E-state index >= 15 is 0 Å². The van der Waals surface area contributed by atoms with Crippen molar-refractivity contribution in [1.82, 2.24) is 0 Å². The molecule has 0 bridgehead atoms. The van der Waals surface area contributed by atoms with Crippen LogP contribution in [-0.4, -0.2) is 11.8 Å². The van der Waals surface area contributed by atoms with Crippen molar-refractivity contribution in [1.29, 1.82) is 0 Å². The molecule has 1 fully saturated rings. The molecule has 19 heavy (non-hydrogen) atoms. The van der Waals surface area contributed by atoms with Crippen LogP contribution >= 0.6 is 0 Å². The Balaban J connectivity index is 2.14. The molecule has 1 unspecified atom stereocenters. The van der Waals surface area contributed by atoms with E-state index < -0.39 is 0 Å². The smallest absolute Gasteiger partial charge is 0.237 e. The number of benzene rings is 1. The monoisotopic (exact) mass is 259 g/mol. The molecule has 1 heterocycles. The predicted molar refractivity (Wildman–Crippen MR) is 75.9 cm³/mol. The summed E-state index contributed by atoms with van der Waals surface area (Å²) in [4.78, 5) is 25.7. The van der Waals surface area contributed by atoms with Gasteiger partial charge in [-0.1, -0.05) is 38.8 Å². The van der Waals surface area contributed by atoms with Crippen molar-refractivity contribution >= 4 is 17.5 Å². The van der Waals surface area contributed by atoms with Crippen LogP contribution in [0.15, 0.2) is 24.3 Å². The highest BCUT2D eigenvalue weighted by molar-refractivity contribution is 6.20. The zero-order valence-corrected chi connectivity index (χ0v) is 11.7. The topological polar surface area (TPSA) is 37.4 Å². The van der Waals surface area contributed by atoms with Crippen molar-refractivity contribution in [3.05, 3.63) is 29.8 Å². The van der Waals surface area contributed by atoms with Crippen LogP contribution in [0.1, 0.15) is 45.1 Å². The van der Waals surface area contributed by atoms with E-state index in [2.05, 4.69) is 13.8 Å². The summed E-state index contributed by atoms with van der Waals surface area (Å²) >= 11 is 0. The average Bonchev–Trinajstić information content (AvgIpc) is 2.71. The number of aryl methyl sites for hydroxylation is 1. The highest BCUT2D eigenvalue weighted by Gasteiger charge is 2.38. The van der Waals surface area contributed by atoms with Crippen molar-refractivity contribution in [2.24, 2.45) is 5.92 Å². The highest BCUT2D eigenvalue weighted by Crippen LogP contribution is 2.29. The van der Waals surface area contributed by atoms with Crippen LogP contribution in [-0.2, 0) is 16.0 Å². The molecule has 2 amide bonds. The number of carbonyl (C=O) groups excluding carboxylic acids is 2. The molecule has 0 saturated carbocycles. The van der Waals surface area contributed by atoms with Crippen LogP contribution in [0.3, 0.4) is 0 Å². The molecule has 0 radical (unpaired) electrons. The lowest BCUT2D eigenvalue weighted by Crippen LogP contribution is -2.30. The van der Waals surface area contributed by atoms with Gasteiger partial charge in [-0.25, -0.2) is 0 Å². The lowest BCUT2D eigenvalue weighted by molar-refractivity contribution is -0.122. The molecule has 0 aromatic heterocycles. The minimum Gasteiger partial charge on any atom is -0.274 e. The zero-order chi connectivity index (χ0) is 13.8. The first-order valence-electron chi connectivity index (χ1n) is 7.13. The minimum atomic E-state index is -0.113. The summed E-state index contributed by atoms with van der Waals surface area (Å²) < 4.78 is 0. The van der Waals surface area contributed by atoms with Crippen molar-refractivity contribution in [2.75, 3.05) is 4.90 Å². The van der Waals surface area contributed by atoms with E-state index in [-0.39, 0.29) is 17.7 Å². The van der Waals surface area contributed by atoms with Gasteiger partial charge in [0, 0.05) is 12.3 Å². The third kappa shape index (κ3) is 2.86. The van der Waals surface area contributed by atoms with Crippen molar-refractivity contribution in [3.63, 3.8) is 0 Å². The maximum atomic E-state index is 12.3. The molecule has 3 nitrogen and oxygen atoms in total. The Kier molecular flexibility index (Phi) is 4.35. The van der Waals surface area contributed by atoms with Gasteiger partial charge in [-0.3, -0.25) is 14.5 Å². The molecule has 102 valence electrons. The second-order valence-electron chi connectivity index (χ2n) is 5.13. The minimum absolute atomic E-state index is 0.0253. The van der Waals surface area contributed by atoms with Gasteiger partial charge in [-0.2, -0.15) is 0 Å². The van der Waals surface area contributed by atoms with Gasteiger partial charge in [0.1, 0.15) is 0 Å². The Morgan fingerprint density at radius 3 is 2.42 bits per heavy atom. The Hall–Kier alpha value is -1.64. The first-order chi connectivity index (χ1) is 9.17. The molecule has 1 aromatic carbocycles. The van der Waals surface area contributed by atoms with Gasteiger partial charge in [0.05, 0.1) is 5.69 Å². The van der Waals surface area contributed by atoms with Gasteiger partial charge in [0.2, 0.25) is 11.8 Å². The van der Waals surface area contributed by atoms with Crippen LogP contribution in [0.5, 0.6) is 0 Å². The van der Waals surface area contributed by atoms with E-state index in [1.54, 1.807) is 0 Å². The van der Waals surface area contributed by atoms with Gasteiger partial charge >= 0.3 is 0 Å². The maximum absolute atomic E-state index is 12.3. The van der Waals surface area contributed by atoms with Gasteiger partial charge < -0.3 is 0 Å². The molecule has 1 aromatic rings. The normalized spacial score (nSPS) is 19.3. The lowest BCUT2D eigenvalue weighted by Gasteiger charge is -2.15. The number of nitrogens with zero attached hydrogens (tertiary/aromatic N) is 1. The summed E-state index contributed by atoms with van der Waals surface area (Å²) in [6, 6.07) is 7.71. The number of imide groups is 1. The SMILES string of the molecule is CCCCC1CC(=O)N(c2ccc(CC)cc2)C1=O. The second kappa shape index (κ2) is 6.00. The lowest BCUT2D eigenvalue weighted by atomic mass is 10.0. The second-order valence-corrected chi connectivity index (χ2v) is 5.13. The zero-order valence-electron chi connectivity index (χ0n) is 11.7. The van der Waals surface area contributed by atoms with Gasteiger partial charge in [0.15, 0.2) is 0 Å². The summed E-state index contributed by atoms with van der Waals surface area (Å²) in [5.74, 6) is -0.198. The van der Waals surface area contributed by atoms with E-state index in [1.807, 2.05) is 24.3 Å². The van der Waals surface area contributed by atoms with Crippen molar-refractivity contribution in [2.45, 2.75) is 46.0 Å². The molecule has 0 N–H and O–H groups in total. The Labute approximate surface area is 114 Å². The van der Waals surface area contributed by atoms with Gasteiger partial charge in [0.25, 0.3) is 0 Å². The van der Waals surface area contributed by atoms with E-state index in [0.29, 0.717) is 12.1 Å². The van der Waals surface area contributed by atoms with Crippen LogP contribution < -0.4 is 4.90 Å². The summed E-state index contributed by atoms with van der Waals surface area (Å²) in [7, 11) is 0. The summed E-state index contributed by atoms with van der Waals surface area (Å²) in [6.07, 6.45) is 4.22. The summed E-state index contributed by atoms with van der Waals surface area (Å²) in [5, 5.41) is 0. The average molecular weight is 259 g/mol. The van der Waals surface area contributed by atoms with Crippen LogP contribution in [0, 0.1) is 5.92 Å². The van der Waals surface area contributed by atoms with E-state index in [9.17, 15) is 9.59 Å². The van der Waals surface area contributed by atoms with E-state index in [0.717, 1.165) is 25.7 Å². The molecule has 1 aliphatic rings. The molecule has 0 aliphatic carbocycles. The van der Waals surface area contributed by atoms with Crippen molar-refractivity contribution in [3.8, 4) is 0 Å². The fourth-order valence-electron chi connectivity index (χ4n) is 2.52. The molecular weight excluding hydrogens is 238 g/mol. The van der Waals surface area contributed by atoms with Gasteiger partial charge in [-0.15, -0.1) is 0 Å². The maximum Gasteiger partial charge on any atom is 0.237 e. The largest absolute Gasteiger partial charge is 0.274 e. The Morgan fingerprint density at radius 2 is 1.84 bits per heavy atom. The standard InChI is InChI=1S/C16H21NO2/c1-3-5-6-13-11-15(18)17(16(13)19)14-9-7-12(4-2)8-10-14/h7-10,13H,3-6,11H2,1-2H3. The number of rotatable bonds is 5. The molecule has 3 heteroatoms. The van der Waals surface area contributed by atoms with Crippen LogP contribution in [0.25, 0.3) is 0 Å². The Bertz CT molecular complexity index is 464. The number of anilines is 1. The number of amides is 2. The Morgan fingerprint density at radius 1 is 1.16 bits per heavy atom. The molecule has 1 aliphatic heterocycles. The first kappa shape index (κ1) is 13.8. The highest BCUT2D eigenvalue weighted by atomic mass is 16.2. The third-order valence-electron chi connectivity index (χ3n) is 3.75. The summed E-state index contributed by atoms with van der Waals surface area (Å²) in [6.45, 7) is 4.18. The predicted octanol–water partition coefficient (Wildman–Crippen LogP) is 3.32. The van der Waals surface area contributed by atoms with Crippen molar-refractivity contribution < 1.29 is 9.59 Å². The number of hydrogen-bond acceptors (Lipinski definition) is 2. The van der Waals surface area contributed by atoms with Gasteiger partial charge in [-0.05, 0) is 30.5 Å². The molecule has 1 saturated heterocycles. The third-order valence-corrected chi connectivity index (χ3v) is 3.75. The molecule has 1 atom stereocenters. The van der Waals surface area contributed by atoms with Crippen LogP contribution in [0.2, 0.25) is 0 Å². The molecule has 0 spiro atoms. The van der Waals surface area contributed by atoms with Crippen LogP contribution in [0.4, 0.5) is 5.69 Å². The quantitative estimate of drug-likeness (QED) is 0.761. The fraction of sp³-hybridized carbons (Fsp3) is 0.500. The number of carbonyl (C=O) groups is 2. The van der Waals surface area contributed by atoms with E-state index in [4.69, 9.17) is 0 Å². The number of hydrogen-bond donors (Lipinski definition) is 0. The number of unbranched alkanes of at least 4 members (excludes halogenated alkanes) is 1.